The largest absolute Gasteiger partial charge is 0.492 e. The number of anilines is 2. The fourth-order valence-corrected chi connectivity index (χ4v) is 3.16. The number of halogens is 2. The lowest BCUT2D eigenvalue weighted by Gasteiger charge is -2.36. The molecule has 0 spiro atoms. The molecular formula is C21H30Cl2N4O2. The fourth-order valence-electron chi connectivity index (χ4n) is 3.16. The first-order chi connectivity index (χ1) is 13.2. The number of nitrogens with two attached hydrogens (primary N) is 1. The van der Waals surface area contributed by atoms with Crippen molar-refractivity contribution in [1.82, 2.24) is 4.90 Å². The van der Waals surface area contributed by atoms with Crippen molar-refractivity contribution in [3.63, 3.8) is 0 Å². The molecule has 0 radical (unpaired) electrons. The van der Waals surface area contributed by atoms with E-state index in [0.717, 1.165) is 44.2 Å². The van der Waals surface area contributed by atoms with E-state index in [1.165, 1.54) is 5.69 Å². The summed E-state index contributed by atoms with van der Waals surface area (Å²) >= 11 is 0. The summed E-state index contributed by atoms with van der Waals surface area (Å²) in [4.78, 5) is 16.9. The van der Waals surface area contributed by atoms with Crippen LogP contribution in [0.2, 0.25) is 0 Å². The second kappa shape index (κ2) is 13.3. The van der Waals surface area contributed by atoms with Gasteiger partial charge >= 0.3 is 0 Å². The smallest absolute Gasteiger partial charge is 0.225 e. The van der Waals surface area contributed by atoms with Gasteiger partial charge in [-0.25, -0.2) is 0 Å². The molecule has 1 amide bonds. The van der Waals surface area contributed by atoms with Crippen LogP contribution in [0, 0.1) is 0 Å². The van der Waals surface area contributed by atoms with Gasteiger partial charge in [0.25, 0.3) is 0 Å². The van der Waals surface area contributed by atoms with Crippen molar-refractivity contribution < 1.29 is 9.53 Å². The number of ether oxygens (including phenoxy) is 1. The van der Waals surface area contributed by atoms with E-state index in [1.54, 1.807) is 0 Å². The number of benzene rings is 2. The van der Waals surface area contributed by atoms with Crippen LogP contribution < -0.4 is 20.7 Å². The number of para-hydroxylation sites is 1. The van der Waals surface area contributed by atoms with E-state index < -0.39 is 0 Å². The molecule has 3 rings (SSSR count). The predicted octanol–water partition coefficient (Wildman–Crippen LogP) is 3.02. The summed E-state index contributed by atoms with van der Waals surface area (Å²) in [6.07, 6.45) is 0.497. The number of piperazine rings is 1. The van der Waals surface area contributed by atoms with Gasteiger partial charge in [-0.05, 0) is 36.4 Å². The molecule has 160 valence electrons. The zero-order valence-corrected chi connectivity index (χ0v) is 18.1. The molecule has 8 heteroatoms. The third-order valence-electron chi connectivity index (χ3n) is 4.67. The molecule has 1 aliphatic heterocycles. The predicted molar refractivity (Wildman–Crippen MR) is 124 cm³/mol. The maximum Gasteiger partial charge on any atom is 0.225 e. The number of hydrogen-bond acceptors (Lipinski definition) is 5. The van der Waals surface area contributed by atoms with Gasteiger partial charge in [-0.2, -0.15) is 0 Å². The van der Waals surface area contributed by atoms with E-state index in [1.807, 2.05) is 30.3 Å². The molecule has 0 bridgehead atoms. The van der Waals surface area contributed by atoms with Gasteiger partial charge < -0.3 is 20.7 Å². The molecular weight excluding hydrogens is 411 g/mol. The van der Waals surface area contributed by atoms with E-state index in [2.05, 4.69) is 39.4 Å². The normalized spacial score (nSPS) is 13.8. The first kappa shape index (κ1) is 25.0. The van der Waals surface area contributed by atoms with Crippen LogP contribution >= 0.6 is 24.8 Å². The summed E-state index contributed by atoms with van der Waals surface area (Å²) < 4.78 is 5.43. The van der Waals surface area contributed by atoms with E-state index >= 15 is 0 Å². The summed E-state index contributed by atoms with van der Waals surface area (Å²) in [5.74, 6) is 0.797. The highest BCUT2D eigenvalue weighted by atomic mass is 35.5. The average Bonchev–Trinajstić information content (AvgIpc) is 2.73. The van der Waals surface area contributed by atoms with Gasteiger partial charge in [-0.15, -0.1) is 24.8 Å². The number of nitrogens with zero attached hydrogens (tertiary/aromatic N) is 2. The van der Waals surface area contributed by atoms with Crippen molar-refractivity contribution in [2.75, 3.05) is 56.1 Å². The SMILES string of the molecule is Cl.Cl.NCCOc1ccc(NC(=O)CCN2CCN(c3ccccc3)CC2)cc1. The van der Waals surface area contributed by atoms with Crippen LogP contribution in [0.3, 0.4) is 0 Å². The lowest BCUT2D eigenvalue weighted by molar-refractivity contribution is -0.116. The summed E-state index contributed by atoms with van der Waals surface area (Å²) in [5.41, 5.74) is 7.47. The summed E-state index contributed by atoms with van der Waals surface area (Å²) in [6, 6.07) is 17.9. The Morgan fingerprint density at radius 2 is 1.62 bits per heavy atom. The Hall–Kier alpha value is -1.99. The lowest BCUT2D eigenvalue weighted by atomic mass is 10.2. The van der Waals surface area contributed by atoms with Crippen molar-refractivity contribution in [1.29, 1.82) is 0 Å². The second-order valence-corrected chi connectivity index (χ2v) is 6.62. The first-order valence-corrected chi connectivity index (χ1v) is 9.50. The van der Waals surface area contributed by atoms with Gasteiger partial charge in [0.05, 0.1) is 0 Å². The van der Waals surface area contributed by atoms with Gasteiger partial charge in [0, 0.05) is 57.1 Å². The van der Waals surface area contributed by atoms with Crippen LogP contribution in [0.1, 0.15) is 6.42 Å². The van der Waals surface area contributed by atoms with Gasteiger partial charge in [0.2, 0.25) is 5.91 Å². The Balaban J connectivity index is 0.00000210. The molecule has 0 aromatic heterocycles. The molecule has 3 N–H and O–H groups in total. The van der Waals surface area contributed by atoms with Crippen molar-refractivity contribution in [3.8, 4) is 5.75 Å². The molecule has 1 aliphatic rings. The number of nitrogens with one attached hydrogen (secondary N) is 1. The number of rotatable bonds is 8. The molecule has 2 aromatic rings. The van der Waals surface area contributed by atoms with Crippen molar-refractivity contribution in [2.45, 2.75) is 6.42 Å². The maximum atomic E-state index is 12.2. The molecule has 1 heterocycles. The van der Waals surface area contributed by atoms with Crippen molar-refractivity contribution >= 4 is 42.1 Å². The Kier molecular flexibility index (Phi) is 11.5. The van der Waals surface area contributed by atoms with Crippen LogP contribution in [-0.2, 0) is 4.79 Å². The standard InChI is InChI=1S/C21H28N4O2.2ClH/c22-11-17-27-20-8-6-18(7-9-20)23-21(26)10-12-24-13-15-25(16-14-24)19-4-2-1-3-5-19;;/h1-9H,10-17,22H2,(H,23,26);2*1H. The first-order valence-electron chi connectivity index (χ1n) is 9.50. The third-order valence-corrected chi connectivity index (χ3v) is 4.67. The summed E-state index contributed by atoms with van der Waals surface area (Å²) in [6.45, 7) is 5.71. The zero-order chi connectivity index (χ0) is 18.9. The van der Waals surface area contributed by atoms with Crippen molar-refractivity contribution in [2.24, 2.45) is 5.73 Å². The fraction of sp³-hybridized carbons (Fsp3) is 0.381. The molecule has 0 unspecified atom stereocenters. The molecule has 0 saturated carbocycles. The van der Waals surface area contributed by atoms with Gasteiger partial charge in [0.15, 0.2) is 0 Å². The second-order valence-electron chi connectivity index (χ2n) is 6.62. The molecule has 29 heavy (non-hydrogen) atoms. The average molecular weight is 441 g/mol. The van der Waals surface area contributed by atoms with Crippen LogP contribution in [0.25, 0.3) is 0 Å². The number of carbonyl (C=O) groups is 1. The topological polar surface area (TPSA) is 70.8 Å². The maximum absolute atomic E-state index is 12.2. The van der Waals surface area contributed by atoms with Gasteiger partial charge in [-0.3, -0.25) is 9.69 Å². The molecule has 0 atom stereocenters. The molecule has 1 fully saturated rings. The Bertz CT molecular complexity index is 708. The minimum absolute atomic E-state index is 0. The number of hydrogen-bond donors (Lipinski definition) is 2. The Morgan fingerprint density at radius 3 is 2.24 bits per heavy atom. The highest BCUT2D eigenvalue weighted by Crippen LogP contribution is 2.17. The van der Waals surface area contributed by atoms with E-state index in [0.29, 0.717) is 19.6 Å². The molecule has 1 saturated heterocycles. The van der Waals surface area contributed by atoms with Crippen LogP contribution in [-0.4, -0.2) is 56.7 Å². The van der Waals surface area contributed by atoms with Crippen molar-refractivity contribution in [3.05, 3.63) is 54.6 Å². The van der Waals surface area contributed by atoms with Gasteiger partial charge in [0.1, 0.15) is 12.4 Å². The Labute approximate surface area is 185 Å². The lowest BCUT2D eigenvalue weighted by Crippen LogP contribution is -2.47. The highest BCUT2D eigenvalue weighted by molar-refractivity contribution is 5.90. The van der Waals surface area contributed by atoms with E-state index in [-0.39, 0.29) is 30.7 Å². The highest BCUT2D eigenvalue weighted by Gasteiger charge is 2.17. The Morgan fingerprint density at radius 1 is 0.966 bits per heavy atom. The van der Waals surface area contributed by atoms with E-state index in [9.17, 15) is 4.79 Å². The minimum atomic E-state index is 0. The van der Waals surface area contributed by atoms with E-state index in [4.69, 9.17) is 10.5 Å². The summed E-state index contributed by atoms with van der Waals surface area (Å²) in [5, 5.41) is 2.94. The van der Waals surface area contributed by atoms with Crippen LogP contribution in [0.4, 0.5) is 11.4 Å². The number of amides is 1. The van der Waals surface area contributed by atoms with Crippen LogP contribution in [0.15, 0.2) is 54.6 Å². The number of carbonyl (C=O) groups excluding carboxylic acids is 1. The zero-order valence-electron chi connectivity index (χ0n) is 16.5. The summed E-state index contributed by atoms with van der Waals surface area (Å²) in [7, 11) is 0. The molecule has 2 aromatic carbocycles. The van der Waals surface area contributed by atoms with Crippen LogP contribution in [0.5, 0.6) is 5.75 Å². The minimum Gasteiger partial charge on any atom is -0.492 e. The molecule has 6 nitrogen and oxygen atoms in total. The molecule has 0 aliphatic carbocycles. The monoisotopic (exact) mass is 440 g/mol. The quantitative estimate of drug-likeness (QED) is 0.659. The van der Waals surface area contributed by atoms with Gasteiger partial charge in [-0.1, -0.05) is 18.2 Å². The third kappa shape index (κ3) is 8.11.